The minimum atomic E-state index is 0.00234. The molecule has 5 nitrogen and oxygen atoms in total. The fourth-order valence-corrected chi connectivity index (χ4v) is 3.77. The van der Waals surface area contributed by atoms with Crippen LogP contribution in [-0.2, 0) is 0 Å². The molecule has 3 aliphatic heterocycles. The molecule has 1 atom stereocenters. The maximum absolute atomic E-state index is 12.5. The van der Waals surface area contributed by atoms with Crippen LogP contribution in [0.2, 0.25) is 0 Å². The number of pyridine rings is 1. The number of fused-ring (bicyclic) bond motifs is 3. The van der Waals surface area contributed by atoms with Gasteiger partial charge in [-0.2, -0.15) is 0 Å². The molecule has 0 spiro atoms. The zero-order valence-electron chi connectivity index (χ0n) is 14.4. The van der Waals surface area contributed by atoms with E-state index in [1.807, 2.05) is 37.3 Å². The van der Waals surface area contributed by atoms with Gasteiger partial charge in [0, 0.05) is 24.3 Å². The van der Waals surface area contributed by atoms with Gasteiger partial charge in [-0.25, -0.2) is 0 Å². The van der Waals surface area contributed by atoms with Crippen LogP contribution in [0.4, 0.5) is 0 Å². The average molecular weight is 337 g/mol. The number of hydrogen-bond donors (Lipinski definition) is 1. The van der Waals surface area contributed by atoms with Gasteiger partial charge in [-0.1, -0.05) is 0 Å². The molecule has 5 heteroatoms. The summed E-state index contributed by atoms with van der Waals surface area (Å²) in [5, 5.41) is 3.21. The van der Waals surface area contributed by atoms with Gasteiger partial charge in [0.1, 0.15) is 11.5 Å². The van der Waals surface area contributed by atoms with Crippen LogP contribution in [0.3, 0.4) is 0 Å². The van der Waals surface area contributed by atoms with Crippen LogP contribution in [0.5, 0.6) is 11.5 Å². The van der Waals surface area contributed by atoms with Crippen LogP contribution in [0, 0.1) is 12.8 Å². The van der Waals surface area contributed by atoms with Gasteiger partial charge >= 0.3 is 0 Å². The molecule has 1 aromatic heterocycles. The zero-order valence-corrected chi connectivity index (χ0v) is 14.4. The molecule has 0 saturated carbocycles. The van der Waals surface area contributed by atoms with Gasteiger partial charge in [0.15, 0.2) is 0 Å². The highest BCUT2D eigenvalue weighted by atomic mass is 16.5. The smallest absolute Gasteiger partial charge is 0.251 e. The summed E-state index contributed by atoms with van der Waals surface area (Å²) in [5.41, 5.74) is 1.72. The molecule has 4 heterocycles. The summed E-state index contributed by atoms with van der Waals surface area (Å²) < 4.78 is 5.78. The first kappa shape index (κ1) is 16.1. The van der Waals surface area contributed by atoms with Gasteiger partial charge in [0.2, 0.25) is 0 Å². The maximum atomic E-state index is 12.5. The number of aryl methyl sites for hydroxylation is 1. The predicted octanol–water partition coefficient (Wildman–Crippen LogP) is 3.01. The van der Waals surface area contributed by atoms with Crippen molar-refractivity contribution in [1.29, 1.82) is 0 Å². The summed E-state index contributed by atoms with van der Waals surface area (Å²) in [6.07, 6.45) is 5.86. The van der Waals surface area contributed by atoms with Gasteiger partial charge in [0.05, 0.1) is 6.20 Å². The first-order chi connectivity index (χ1) is 12.2. The summed E-state index contributed by atoms with van der Waals surface area (Å²) in [4.78, 5) is 19.1. The van der Waals surface area contributed by atoms with Crippen molar-refractivity contribution >= 4 is 5.91 Å². The number of rotatable bonds is 4. The molecule has 1 aromatic carbocycles. The van der Waals surface area contributed by atoms with Crippen molar-refractivity contribution in [1.82, 2.24) is 15.2 Å². The molecule has 0 radical (unpaired) electrons. The van der Waals surface area contributed by atoms with Crippen LogP contribution < -0.4 is 10.1 Å². The number of benzene rings is 1. The predicted molar refractivity (Wildman–Crippen MR) is 95.9 cm³/mol. The molecule has 1 N–H and O–H groups in total. The third-order valence-corrected chi connectivity index (χ3v) is 5.17. The maximum Gasteiger partial charge on any atom is 0.251 e. The number of carbonyl (C=O) groups excluding carboxylic acids is 1. The number of hydrogen-bond acceptors (Lipinski definition) is 4. The molecule has 2 bridgehead atoms. The quantitative estimate of drug-likeness (QED) is 0.932. The van der Waals surface area contributed by atoms with Crippen molar-refractivity contribution in [2.24, 2.45) is 5.92 Å². The van der Waals surface area contributed by atoms with E-state index in [0.29, 0.717) is 23.0 Å². The van der Waals surface area contributed by atoms with E-state index < -0.39 is 0 Å². The molecule has 3 aliphatic rings. The Kier molecular flexibility index (Phi) is 4.40. The summed E-state index contributed by atoms with van der Waals surface area (Å²) in [6, 6.07) is 9.50. The normalized spacial score (nSPS) is 24.8. The lowest BCUT2D eigenvalue weighted by Gasteiger charge is -2.44. The van der Waals surface area contributed by atoms with E-state index in [2.05, 4.69) is 15.2 Å². The van der Waals surface area contributed by atoms with Crippen molar-refractivity contribution in [2.45, 2.75) is 25.8 Å². The zero-order chi connectivity index (χ0) is 17.2. The van der Waals surface area contributed by atoms with E-state index in [1.165, 1.54) is 25.9 Å². The molecule has 2 aromatic rings. The lowest BCUT2D eigenvalue weighted by molar-refractivity contribution is 0.0620. The van der Waals surface area contributed by atoms with Gasteiger partial charge < -0.3 is 15.0 Å². The van der Waals surface area contributed by atoms with Gasteiger partial charge in [-0.3, -0.25) is 9.78 Å². The van der Waals surface area contributed by atoms with Crippen LogP contribution in [0.25, 0.3) is 0 Å². The molecule has 25 heavy (non-hydrogen) atoms. The minimum absolute atomic E-state index is 0.00234. The van der Waals surface area contributed by atoms with Gasteiger partial charge in [-0.05, 0) is 74.7 Å². The van der Waals surface area contributed by atoms with E-state index in [0.717, 1.165) is 12.1 Å². The number of nitrogens with zero attached hydrogens (tertiary/aromatic N) is 2. The van der Waals surface area contributed by atoms with E-state index in [9.17, 15) is 4.79 Å². The molecule has 3 fully saturated rings. The fourth-order valence-electron chi connectivity index (χ4n) is 3.77. The first-order valence-corrected chi connectivity index (χ1v) is 8.90. The van der Waals surface area contributed by atoms with Crippen molar-refractivity contribution in [3.05, 3.63) is 53.9 Å². The number of nitrogens with one attached hydrogen (secondary N) is 1. The molecular weight excluding hydrogens is 314 g/mol. The number of ether oxygens (including phenoxy) is 1. The van der Waals surface area contributed by atoms with Crippen molar-refractivity contribution < 1.29 is 9.53 Å². The van der Waals surface area contributed by atoms with Gasteiger partial charge in [0.25, 0.3) is 5.91 Å². The summed E-state index contributed by atoms with van der Waals surface area (Å²) in [7, 11) is 0. The van der Waals surface area contributed by atoms with E-state index >= 15 is 0 Å². The average Bonchev–Trinajstić information content (AvgIpc) is 2.63. The monoisotopic (exact) mass is 337 g/mol. The Morgan fingerprint density at radius 1 is 1.16 bits per heavy atom. The van der Waals surface area contributed by atoms with E-state index in [4.69, 9.17) is 4.74 Å². The molecule has 3 saturated heterocycles. The Balaban J connectivity index is 1.39. The Morgan fingerprint density at radius 2 is 1.92 bits per heavy atom. The SMILES string of the molecule is Cc1cncc(Oc2ccc(C(=O)N[C@H]3CN4CCC3CC4)cc2)c1. The molecule has 0 aliphatic carbocycles. The lowest BCUT2D eigenvalue weighted by Crippen LogP contribution is -2.57. The summed E-state index contributed by atoms with van der Waals surface area (Å²) >= 11 is 0. The van der Waals surface area contributed by atoms with E-state index in [1.54, 1.807) is 12.4 Å². The first-order valence-electron chi connectivity index (χ1n) is 8.90. The highest BCUT2D eigenvalue weighted by Crippen LogP contribution is 2.28. The highest BCUT2D eigenvalue weighted by molar-refractivity contribution is 5.94. The fraction of sp³-hybridized carbons (Fsp3) is 0.400. The number of piperidine rings is 3. The number of amides is 1. The summed E-state index contributed by atoms with van der Waals surface area (Å²) in [6.45, 7) is 5.31. The molecule has 130 valence electrons. The topological polar surface area (TPSA) is 54.5 Å². The van der Waals surface area contributed by atoms with E-state index in [-0.39, 0.29) is 11.9 Å². The Labute approximate surface area is 148 Å². The third-order valence-electron chi connectivity index (χ3n) is 5.17. The summed E-state index contributed by atoms with van der Waals surface area (Å²) in [5.74, 6) is 2.03. The van der Waals surface area contributed by atoms with Crippen LogP contribution in [-0.4, -0.2) is 41.5 Å². The molecule has 5 rings (SSSR count). The highest BCUT2D eigenvalue weighted by Gasteiger charge is 2.34. The largest absolute Gasteiger partial charge is 0.456 e. The molecule has 1 amide bonds. The van der Waals surface area contributed by atoms with Crippen LogP contribution >= 0.6 is 0 Å². The van der Waals surface area contributed by atoms with Crippen molar-refractivity contribution in [3.8, 4) is 11.5 Å². The van der Waals surface area contributed by atoms with Crippen molar-refractivity contribution in [3.63, 3.8) is 0 Å². The second kappa shape index (κ2) is 6.84. The number of carbonyl (C=O) groups is 1. The molecular formula is C20H23N3O2. The number of aromatic nitrogens is 1. The van der Waals surface area contributed by atoms with Crippen LogP contribution in [0.15, 0.2) is 42.7 Å². The van der Waals surface area contributed by atoms with Crippen molar-refractivity contribution in [2.75, 3.05) is 19.6 Å². The van der Waals surface area contributed by atoms with Gasteiger partial charge in [-0.15, -0.1) is 0 Å². The Morgan fingerprint density at radius 3 is 2.56 bits per heavy atom. The lowest BCUT2D eigenvalue weighted by atomic mass is 9.84. The van der Waals surface area contributed by atoms with Crippen LogP contribution in [0.1, 0.15) is 28.8 Å². The Hall–Kier alpha value is -2.40. The second-order valence-corrected chi connectivity index (χ2v) is 7.04. The molecule has 0 unspecified atom stereocenters. The third kappa shape index (κ3) is 3.66. The minimum Gasteiger partial charge on any atom is -0.456 e. The second-order valence-electron chi connectivity index (χ2n) is 7.04. The standard InChI is InChI=1S/C20H23N3O2/c1-14-10-18(12-21-11-14)25-17-4-2-16(3-5-17)20(24)22-19-13-23-8-6-15(19)7-9-23/h2-5,10-12,15,19H,6-9,13H2,1H3,(H,22,24)/t19-/m0/s1. The Bertz CT molecular complexity index is 752.